The SMILES string of the molecule is O=[N+]([O-])c1ccc(-c2ncn(CC3(CBr)CCC3)n2)cc1. The van der Waals surface area contributed by atoms with Crippen molar-refractivity contribution in [3.63, 3.8) is 0 Å². The molecule has 110 valence electrons. The minimum atomic E-state index is -0.411. The summed E-state index contributed by atoms with van der Waals surface area (Å²) in [6.07, 6.45) is 5.44. The van der Waals surface area contributed by atoms with Gasteiger partial charge in [-0.25, -0.2) is 4.98 Å². The van der Waals surface area contributed by atoms with Crippen LogP contribution < -0.4 is 0 Å². The summed E-state index contributed by atoms with van der Waals surface area (Å²) in [4.78, 5) is 14.5. The van der Waals surface area contributed by atoms with Crippen molar-refractivity contribution < 1.29 is 4.92 Å². The van der Waals surface area contributed by atoms with E-state index in [9.17, 15) is 10.1 Å². The summed E-state index contributed by atoms with van der Waals surface area (Å²) in [5.74, 6) is 0.606. The number of nitro benzene ring substituents is 1. The van der Waals surface area contributed by atoms with E-state index in [1.165, 1.54) is 31.4 Å². The van der Waals surface area contributed by atoms with Crippen molar-refractivity contribution in [2.45, 2.75) is 25.8 Å². The van der Waals surface area contributed by atoms with Gasteiger partial charge in [-0.2, -0.15) is 5.10 Å². The van der Waals surface area contributed by atoms with Gasteiger partial charge in [0.05, 0.1) is 4.92 Å². The molecule has 0 spiro atoms. The van der Waals surface area contributed by atoms with E-state index in [4.69, 9.17) is 0 Å². The van der Waals surface area contributed by atoms with Gasteiger partial charge in [0.1, 0.15) is 6.33 Å². The summed E-state index contributed by atoms with van der Waals surface area (Å²) in [6.45, 7) is 0.859. The van der Waals surface area contributed by atoms with Gasteiger partial charge in [-0.3, -0.25) is 14.8 Å². The number of nitro groups is 1. The van der Waals surface area contributed by atoms with Crippen molar-refractivity contribution in [1.82, 2.24) is 14.8 Å². The molecule has 2 aromatic rings. The standard InChI is InChI=1S/C14H15BrN4O2/c15-8-14(6-1-7-14)9-18-10-16-13(17-18)11-2-4-12(5-3-11)19(20)21/h2-5,10H,1,6-9H2. The highest BCUT2D eigenvalue weighted by molar-refractivity contribution is 9.09. The largest absolute Gasteiger partial charge is 0.269 e. The van der Waals surface area contributed by atoms with Crippen molar-refractivity contribution in [2.75, 3.05) is 5.33 Å². The molecule has 0 unspecified atom stereocenters. The molecule has 0 N–H and O–H groups in total. The summed E-state index contributed by atoms with van der Waals surface area (Å²) in [7, 11) is 0. The third-order valence-corrected chi connectivity index (χ3v) is 5.26. The van der Waals surface area contributed by atoms with Crippen LogP contribution in [0.4, 0.5) is 5.69 Å². The molecule has 7 heteroatoms. The highest BCUT2D eigenvalue weighted by atomic mass is 79.9. The van der Waals surface area contributed by atoms with Crippen LogP contribution in [-0.2, 0) is 6.54 Å². The number of rotatable bonds is 5. The molecule has 1 aliphatic rings. The van der Waals surface area contributed by atoms with E-state index in [2.05, 4.69) is 26.0 Å². The van der Waals surface area contributed by atoms with Gasteiger partial charge in [-0.15, -0.1) is 0 Å². The van der Waals surface area contributed by atoms with Crippen LogP contribution >= 0.6 is 15.9 Å². The fourth-order valence-corrected chi connectivity index (χ4v) is 3.33. The van der Waals surface area contributed by atoms with E-state index in [1.807, 2.05) is 4.68 Å². The van der Waals surface area contributed by atoms with Gasteiger partial charge in [0.2, 0.25) is 0 Å². The number of hydrogen-bond donors (Lipinski definition) is 0. The van der Waals surface area contributed by atoms with Gasteiger partial charge in [-0.1, -0.05) is 22.4 Å². The Kier molecular flexibility index (Phi) is 3.75. The van der Waals surface area contributed by atoms with Gasteiger partial charge >= 0.3 is 0 Å². The Morgan fingerprint density at radius 3 is 2.57 bits per heavy atom. The van der Waals surface area contributed by atoms with Gasteiger partial charge in [0.15, 0.2) is 5.82 Å². The van der Waals surface area contributed by atoms with E-state index < -0.39 is 4.92 Å². The monoisotopic (exact) mass is 350 g/mol. The average molecular weight is 351 g/mol. The van der Waals surface area contributed by atoms with Crippen LogP contribution in [0.3, 0.4) is 0 Å². The van der Waals surface area contributed by atoms with Crippen molar-refractivity contribution in [3.8, 4) is 11.4 Å². The maximum Gasteiger partial charge on any atom is 0.269 e. The Balaban J connectivity index is 1.76. The predicted octanol–water partition coefficient (Wildman–Crippen LogP) is 3.42. The van der Waals surface area contributed by atoms with Gasteiger partial charge < -0.3 is 0 Å². The fraction of sp³-hybridized carbons (Fsp3) is 0.429. The van der Waals surface area contributed by atoms with Crippen molar-refractivity contribution in [2.24, 2.45) is 5.41 Å². The molecule has 0 amide bonds. The molecule has 6 nitrogen and oxygen atoms in total. The number of aromatic nitrogens is 3. The molecular formula is C14H15BrN4O2. The Morgan fingerprint density at radius 2 is 2.05 bits per heavy atom. The number of benzene rings is 1. The summed E-state index contributed by atoms with van der Waals surface area (Å²) in [6, 6.07) is 6.31. The Morgan fingerprint density at radius 1 is 1.33 bits per heavy atom. The number of nitrogens with zero attached hydrogens (tertiary/aromatic N) is 4. The maximum atomic E-state index is 10.6. The molecule has 1 aromatic carbocycles. The summed E-state index contributed by atoms with van der Waals surface area (Å²) >= 11 is 3.59. The highest BCUT2D eigenvalue weighted by Crippen LogP contribution is 2.43. The van der Waals surface area contributed by atoms with Crippen LogP contribution in [0.15, 0.2) is 30.6 Å². The first-order valence-electron chi connectivity index (χ1n) is 6.82. The van der Waals surface area contributed by atoms with Gasteiger partial charge in [0.25, 0.3) is 5.69 Å². The van der Waals surface area contributed by atoms with Crippen LogP contribution in [0.25, 0.3) is 11.4 Å². The third kappa shape index (κ3) is 2.83. The van der Waals surface area contributed by atoms with Crippen LogP contribution in [0.1, 0.15) is 19.3 Å². The normalized spacial score (nSPS) is 16.4. The Hall–Kier alpha value is -1.76. The van der Waals surface area contributed by atoms with E-state index in [0.717, 1.165) is 17.4 Å². The molecule has 3 rings (SSSR count). The van der Waals surface area contributed by atoms with Gasteiger partial charge in [0, 0.05) is 29.6 Å². The molecular weight excluding hydrogens is 336 g/mol. The first-order chi connectivity index (χ1) is 10.1. The second kappa shape index (κ2) is 5.55. The molecule has 1 heterocycles. The second-order valence-corrected chi connectivity index (χ2v) is 6.12. The van der Waals surface area contributed by atoms with Crippen LogP contribution in [0, 0.1) is 15.5 Å². The first-order valence-corrected chi connectivity index (χ1v) is 7.94. The van der Waals surface area contributed by atoms with Crippen molar-refractivity contribution in [3.05, 3.63) is 40.7 Å². The minimum absolute atomic E-state index is 0.0749. The number of non-ortho nitro benzene ring substituents is 1. The van der Waals surface area contributed by atoms with E-state index in [0.29, 0.717) is 11.2 Å². The van der Waals surface area contributed by atoms with E-state index in [-0.39, 0.29) is 5.69 Å². The van der Waals surface area contributed by atoms with Crippen LogP contribution in [-0.4, -0.2) is 25.0 Å². The Bertz CT molecular complexity index is 644. The van der Waals surface area contributed by atoms with E-state index >= 15 is 0 Å². The lowest BCUT2D eigenvalue weighted by molar-refractivity contribution is -0.384. The molecule has 21 heavy (non-hydrogen) atoms. The zero-order valence-corrected chi connectivity index (χ0v) is 13.0. The summed E-state index contributed by atoms with van der Waals surface area (Å²) < 4.78 is 1.87. The molecule has 0 atom stereocenters. The second-order valence-electron chi connectivity index (χ2n) is 5.56. The van der Waals surface area contributed by atoms with Crippen molar-refractivity contribution in [1.29, 1.82) is 0 Å². The zero-order valence-electron chi connectivity index (χ0n) is 11.4. The van der Waals surface area contributed by atoms with Crippen LogP contribution in [0.5, 0.6) is 0 Å². The lowest BCUT2D eigenvalue weighted by Crippen LogP contribution is -2.35. The molecule has 0 radical (unpaired) electrons. The Labute approximate surface area is 130 Å². The topological polar surface area (TPSA) is 73.8 Å². The van der Waals surface area contributed by atoms with Crippen LogP contribution in [0.2, 0.25) is 0 Å². The number of alkyl halides is 1. The molecule has 1 aliphatic carbocycles. The lowest BCUT2D eigenvalue weighted by Gasteiger charge is -2.40. The number of hydrogen-bond acceptors (Lipinski definition) is 4. The molecule has 0 bridgehead atoms. The highest BCUT2D eigenvalue weighted by Gasteiger charge is 2.36. The summed E-state index contributed by atoms with van der Waals surface area (Å²) in [5, 5.41) is 16.1. The molecule has 1 fully saturated rings. The van der Waals surface area contributed by atoms with Crippen molar-refractivity contribution >= 4 is 21.6 Å². The van der Waals surface area contributed by atoms with E-state index in [1.54, 1.807) is 18.5 Å². The fourth-order valence-electron chi connectivity index (χ4n) is 2.59. The summed E-state index contributed by atoms with van der Waals surface area (Å²) in [5.41, 5.74) is 1.17. The molecule has 0 aliphatic heterocycles. The average Bonchev–Trinajstić information content (AvgIpc) is 2.91. The predicted molar refractivity (Wildman–Crippen MR) is 82.2 cm³/mol. The zero-order chi connectivity index (χ0) is 14.9. The molecule has 1 saturated carbocycles. The number of halogens is 1. The molecule has 0 saturated heterocycles. The smallest absolute Gasteiger partial charge is 0.258 e. The van der Waals surface area contributed by atoms with Gasteiger partial charge in [-0.05, 0) is 30.4 Å². The maximum absolute atomic E-state index is 10.6. The lowest BCUT2D eigenvalue weighted by atomic mass is 9.70. The third-order valence-electron chi connectivity index (χ3n) is 4.07. The molecule has 1 aromatic heterocycles. The first kappa shape index (κ1) is 14.2. The quantitative estimate of drug-likeness (QED) is 0.470. The minimum Gasteiger partial charge on any atom is -0.258 e.